The number of nitrogens with zero attached hydrogens (tertiary/aromatic N) is 2. The molecule has 2 saturated carbocycles. The van der Waals surface area contributed by atoms with Crippen LogP contribution in [0.15, 0.2) is 60.7 Å². The molecule has 0 spiro atoms. The van der Waals surface area contributed by atoms with E-state index >= 15 is 0 Å². The molecule has 2 aromatic carbocycles. The molecule has 4 rings (SSSR count). The van der Waals surface area contributed by atoms with Crippen molar-refractivity contribution in [2.75, 3.05) is 0 Å². The van der Waals surface area contributed by atoms with E-state index in [9.17, 15) is 19.8 Å². The number of aliphatic hydroxyl groups is 1. The van der Waals surface area contributed by atoms with Gasteiger partial charge in [0.1, 0.15) is 5.60 Å². The second-order valence-electron chi connectivity index (χ2n) is 11.3. The molecule has 7 heteroatoms. The van der Waals surface area contributed by atoms with E-state index in [4.69, 9.17) is 4.74 Å². The number of rotatable bonds is 7. The average Bonchev–Trinajstić information content (AvgIpc) is 2.88. The molecule has 37 heavy (non-hydrogen) atoms. The molecule has 0 aromatic heterocycles. The fourth-order valence-electron chi connectivity index (χ4n) is 5.69. The van der Waals surface area contributed by atoms with Gasteiger partial charge in [-0.1, -0.05) is 60.7 Å². The third-order valence-corrected chi connectivity index (χ3v) is 8.13. The van der Waals surface area contributed by atoms with E-state index in [1.165, 1.54) is 4.90 Å². The number of carbonyl (C=O) groups excluding carboxylic acids is 1. The van der Waals surface area contributed by atoms with Crippen LogP contribution >= 0.6 is 0 Å². The van der Waals surface area contributed by atoms with Gasteiger partial charge in [-0.3, -0.25) is 0 Å². The molecule has 200 valence electrons. The Morgan fingerprint density at radius 3 is 1.70 bits per heavy atom. The molecule has 0 bridgehead atoms. The first-order valence-corrected chi connectivity index (χ1v) is 13.4. The van der Waals surface area contributed by atoms with E-state index in [2.05, 4.69) is 0 Å². The molecular formula is C30H40N2O5. The number of hydrogen-bond donors (Lipinski definition) is 2. The predicted octanol–water partition coefficient (Wildman–Crippen LogP) is 6.20. The maximum Gasteiger partial charge on any atom is 0.410 e. The van der Waals surface area contributed by atoms with Crippen LogP contribution in [0.5, 0.6) is 0 Å². The highest BCUT2D eigenvalue weighted by Crippen LogP contribution is 2.36. The summed E-state index contributed by atoms with van der Waals surface area (Å²) in [7, 11) is 0. The predicted molar refractivity (Wildman–Crippen MR) is 142 cm³/mol. The first-order valence-electron chi connectivity index (χ1n) is 13.4. The number of carbonyl (C=O) groups is 2. The normalized spacial score (nSPS) is 27.8. The summed E-state index contributed by atoms with van der Waals surface area (Å²) in [5.74, 6) is 0. The van der Waals surface area contributed by atoms with E-state index in [-0.39, 0.29) is 18.2 Å². The monoisotopic (exact) mass is 508 g/mol. The molecule has 7 nitrogen and oxygen atoms in total. The number of ether oxygens (including phenoxy) is 1. The molecule has 0 heterocycles. The standard InChI is InChI=1S/C30H40N2O5/c1-29(36)17-13-26(14-18-29)32(22-24-11-7-4-8-12-24)28(35)37-30(2)19-15-25(16-20-30)31(27(33)34)21-23-9-5-3-6-10-23/h3-12,25-26,36H,13-22H2,1-2H3,(H,33,34). The number of hydrogen-bond acceptors (Lipinski definition) is 4. The highest BCUT2D eigenvalue weighted by atomic mass is 16.6. The molecule has 0 aliphatic heterocycles. The van der Waals surface area contributed by atoms with Crippen LogP contribution in [0, 0.1) is 0 Å². The molecule has 2 N–H and O–H groups in total. The van der Waals surface area contributed by atoms with Crippen molar-refractivity contribution in [3.63, 3.8) is 0 Å². The van der Waals surface area contributed by atoms with E-state index < -0.39 is 17.3 Å². The lowest BCUT2D eigenvalue weighted by molar-refractivity contribution is -0.0512. The van der Waals surface area contributed by atoms with Crippen LogP contribution in [-0.4, -0.2) is 55.5 Å². The zero-order valence-corrected chi connectivity index (χ0v) is 22.0. The molecule has 2 aromatic rings. The molecule has 2 aliphatic rings. The van der Waals surface area contributed by atoms with Crippen molar-refractivity contribution in [3.05, 3.63) is 71.8 Å². The zero-order valence-electron chi connectivity index (χ0n) is 22.0. The summed E-state index contributed by atoms with van der Waals surface area (Å²) >= 11 is 0. The van der Waals surface area contributed by atoms with Crippen molar-refractivity contribution >= 4 is 12.2 Å². The number of benzene rings is 2. The van der Waals surface area contributed by atoms with Gasteiger partial charge in [-0.2, -0.15) is 0 Å². The van der Waals surface area contributed by atoms with Crippen LogP contribution in [0.4, 0.5) is 9.59 Å². The molecule has 2 amide bonds. The number of amides is 2. The van der Waals surface area contributed by atoms with E-state index in [1.54, 1.807) is 0 Å². The molecule has 0 saturated heterocycles. The molecule has 0 radical (unpaired) electrons. The molecular weight excluding hydrogens is 468 g/mol. The third kappa shape index (κ3) is 7.25. The Labute approximate surface area is 220 Å². The average molecular weight is 509 g/mol. The van der Waals surface area contributed by atoms with Crippen molar-refractivity contribution in [3.8, 4) is 0 Å². The zero-order chi connectivity index (χ0) is 26.5. The Balaban J connectivity index is 1.40. The van der Waals surface area contributed by atoms with Gasteiger partial charge in [0.25, 0.3) is 0 Å². The van der Waals surface area contributed by atoms with Gasteiger partial charge >= 0.3 is 12.2 Å². The van der Waals surface area contributed by atoms with Gasteiger partial charge in [-0.05, 0) is 76.3 Å². The van der Waals surface area contributed by atoms with Crippen molar-refractivity contribution in [1.82, 2.24) is 9.80 Å². The van der Waals surface area contributed by atoms with Crippen LogP contribution in [0.25, 0.3) is 0 Å². The third-order valence-electron chi connectivity index (χ3n) is 8.13. The highest BCUT2D eigenvalue weighted by Gasteiger charge is 2.40. The van der Waals surface area contributed by atoms with Gasteiger partial charge in [0.15, 0.2) is 0 Å². The van der Waals surface area contributed by atoms with Gasteiger partial charge in [-0.15, -0.1) is 0 Å². The SMILES string of the molecule is CC1(O)CCC(N(Cc2ccccc2)C(=O)OC2(C)CCC(N(Cc3ccccc3)C(=O)O)CC2)CC1. The summed E-state index contributed by atoms with van der Waals surface area (Å²) < 4.78 is 6.18. The topological polar surface area (TPSA) is 90.3 Å². The van der Waals surface area contributed by atoms with Crippen molar-refractivity contribution in [1.29, 1.82) is 0 Å². The summed E-state index contributed by atoms with van der Waals surface area (Å²) in [4.78, 5) is 29.0. The minimum Gasteiger partial charge on any atom is -0.465 e. The van der Waals surface area contributed by atoms with Crippen LogP contribution in [0.3, 0.4) is 0 Å². The summed E-state index contributed by atoms with van der Waals surface area (Å²) in [5, 5.41) is 20.3. The Bertz CT molecular complexity index is 1020. The van der Waals surface area contributed by atoms with Gasteiger partial charge in [0.05, 0.1) is 5.60 Å². The second kappa shape index (κ2) is 11.5. The first-order chi connectivity index (χ1) is 17.6. The van der Waals surface area contributed by atoms with Gasteiger partial charge in [0.2, 0.25) is 0 Å². The summed E-state index contributed by atoms with van der Waals surface area (Å²) in [6, 6.07) is 19.5. The Hall–Kier alpha value is -3.06. The van der Waals surface area contributed by atoms with Crippen molar-refractivity contribution in [2.45, 2.75) is 102 Å². The van der Waals surface area contributed by atoms with Crippen LogP contribution in [0.1, 0.15) is 76.3 Å². The minimum atomic E-state index is -0.920. The minimum absolute atomic E-state index is 0.0150. The maximum atomic E-state index is 13.6. The lowest BCUT2D eigenvalue weighted by atomic mass is 9.82. The lowest BCUT2D eigenvalue weighted by Gasteiger charge is -2.43. The van der Waals surface area contributed by atoms with Crippen LogP contribution < -0.4 is 0 Å². The van der Waals surface area contributed by atoms with E-state index in [0.717, 1.165) is 24.0 Å². The Morgan fingerprint density at radius 1 is 0.784 bits per heavy atom. The van der Waals surface area contributed by atoms with Gasteiger partial charge in [-0.25, -0.2) is 9.59 Å². The van der Waals surface area contributed by atoms with Gasteiger partial charge in [0, 0.05) is 25.2 Å². The maximum absolute atomic E-state index is 13.6. The fourth-order valence-corrected chi connectivity index (χ4v) is 5.69. The van der Waals surface area contributed by atoms with E-state index in [0.29, 0.717) is 51.6 Å². The van der Waals surface area contributed by atoms with Crippen LogP contribution in [0.2, 0.25) is 0 Å². The van der Waals surface area contributed by atoms with Crippen molar-refractivity contribution in [2.24, 2.45) is 0 Å². The Morgan fingerprint density at radius 2 is 1.22 bits per heavy atom. The molecule has 0 unspecified atom stereocenters. The lowest BCUT2D eigenvalue weighted by Crippen LogP contribution is -2.50. The highest BCUT2D eigenvalue weighted by molar-refractivity contribution is 5.69. The largest absolute Gasteiger partial charge is 0.465 e. The van der Waals surface area contributed by atoms with E-state index in [1.807, 2.05) is 79.4 Å². The fraction of sp³-hybridized carbons (Fsp3) is 0.533. The van der Waals surface area contributed by atoms with Crippen LogP contribution in [-0.2, 0) is 17.8 Å². The molecule has 2 aliphatic carbocycles. The number of carboxylic acid groups (broad SMARTS) is 1. The first kappa shape index (κ1) is 27.0. The Kier molecular flexibility index (Phi) is 8.42. The summed E-state index contributed by atoms with van der Waals surface area (Å²) in [6.07, 6.45) is 4.06. The van der Waals surface area contributed by atoms with Gasteiger partial charge < -0.3 is 24.7 Å². The second-order valence-corrected chi connectivity index (χ2v) is 11.3. The summed E-state index contributed by atoms with van der Waals surface area (Å²) in [6.45, 7) is 4.65. The molecule has 2 fully saturated rings. The molecule has 0 atom stereocenters. The summed E-state index contributed by atoms with van der Waals surface area (Å²) in [5.41, 5.74) is 0.690. The quantitative estimate of drug-likeness (QED) is 0.465. The van der Waals surface area contributed by atoms with Crippen molar-refractivity contribution < 1.29 is 24.5 Å². The smallest absolute Gasteiger partial charge is 0.410 e.